The number of methoxy groups -OCH3 is 1. The van der Waals surface area contributed by atoms with Gasteiger partial charge in [0.2, 0.25) is 5.91 Å². The molecule has 184 valence electrons. The second kappa shape index (κ2) is 11.2. The number of imide groups is 1. The van der Waals surface area contributed by atoms with Crippen molar-refractivity contribution in [3.63, 3.8) is 0 Å². The number of ether oxygens (including phenoxy) is 2. The number of carbonyl (C=O) groups excluding carboxylic acids is 4. The van der Waals surface area contributed by atoms with E-state index < -0.39 is 23.8 Å². The molecular formula is C21H24F2N4O6S. The summed E-state index contributed by atoms with van der Waals surface area (Å²) in [5.41, 5.74) is 0.448. The van der Waals surface area contributed by atoms with Gasteiger partial charge in [0.25, 0.3) is 11.1 Å². The van der Waals surface area contributed by atoms with Crippen molar-refractivity contribution in [1.29, 1.82) is 0 Å². The van der Waals surface area contributed by atoms with Crippen LogP contribution in [0.5, 0.6) is 11.5 Å². The summed E-state index contributed by atoms with van der Waals surface area (Å²) < 4.78 is 34.3. The Balaban J connectivity index is 1.53. The van der Waals surface area contributed by atoms with Crippen LogP contribution in [0.25, 0.3) is 6.08 Å². The van der Waals surface area contributed by atoms with Crippen LogP contribution in [0.3, 0.4) is 0 Å². The van der Waals surface area contributed by atoms with Crippen LogP contribution in [-0.2, 0) is 9.59 Å². The van der Waals surface area contributed by atoms with E-state index in [1.54, 1.807) is 0 Å². The molecule has 1 aliphatic heterocycles. The molecule has 0 unspecified atom stereocenters. The van der Waals surface area contributed by atoms with Gasteiger partial charge >= 0.3 is 12.6 Å². The topological polar surface area (TPSA) is 117 Å². The maximum absolute atomic E-state index is 12.6. The third kappa shape index (κ3) is 6.83. The summed E-state index contributed by atoms with van der Waals surface area (Å²) in [7, 11) is 2.76. The zero-order chi connectivity index (χ0) is 24.8. The minimum absolute atomic E-state index is 0.00617. The first kappa shape index (κ1) is 25.3. The number of nitrogens with one attached hydrogen (secondary N) is 2. The summed E-state index contributed by atoms with van der Waals surface area (Å²) in [6.07, 6.45) is 3.32. The monoisotopic (exact) mass is 498 g/mol. The molecule has 13 heteroatoms. The predicted molar refractivity (Wildman–Crippen MR) is 119 cm³/mol. The van der Waals surface area contributed by atoms with E-state index in [-0.39, 0.29) is 48.0 Å². The summed E-state index contributed by atoms with van der Waals surface area (Å²) in [4.78, 5) is 51.2. The molecule has 1 heterocycles. The van der Waals surface area contributed by atoms with E-state index in [0.29, 0.717) is 5.56 Å². The van der Waals surface area contributed by atoms with E-state index in [1.165, 1.54) is 43.3 Å². The summed E-state index contributed by atoms with van der Waals surface area (Å²) in [6.45, 7) is -3.17. The SMILES string of the molecule is COc1cc(C=C2SC(=O)N(CCNC(=O)N(C)CC(=O)NC3CC3)C2=O)ccc1OC(F)F. The van der Waals surface area contributed by atoms with Crippen molar-refractivity contribution in [2.45, 2.75) is 25.5 Å². The Morgan fingerprint density at radius 3 is 2.68 bits per heavy atom. The normalized spacial score (nSPS) is 16.7. The van der Waals surface area contributed by atoms with Crippen LogP contribution < -0.4 is 20.1 Å². The molecule has 3 rings (SSSR count). The zero-order valence-corrected chi connectivity index (χ0v) is 19.3. The van der Waals surface area contributed by atoms with E-state index in [2.05, 4.69) is 15.4 Å². The van der Waals surface area contributed by atoms with Gasteiger partial charge in [0, 0.05) is 26.2 Å². The molecule has 2 fully saturated rings. The van der Waals surface area contributed by atoms with Gasteiger partial charge in [-0.2, -0.15) is 8.78 Å². The van der Waals surface area contributed by atoms with Crippen LogP contribution in [0.4, 0.5) is 18.4 Å². The average molecular weight is 499 g/mol. The molecule has 0 aromatic heterocycles. The maximum Gasteiger partial charge on any atom is 0.387 e. The standard InChI is InChI=1S/C21H24F2N4O6S/c1-26(11-17(28)25-13-4-5-13)20(30)24-7-8-27-18(29)16(34-21(27)31)10-12-3-6-14(33-19(22)23)15(9-12)32-2/h3,6,9-10,13,19H,4-5,7-8,11H2,1-2H3,(H,24,30)(H,25,28). The largest absolute Gasteiger partial charge is 0.493 e. The molecule has 0 spiro atoms. The van der Waals surface area contributed by atoms with Gasteiger partial charge in [-0.25, -0.2) is 4.79 Å². The molecule has 0 radical (unpaired) electrons. The van der Waals surface area contributed by atoms with Crippen LogP contribution in [0.15, 0.2) is 23.1 Å². The van der Waals surface area contributed by atoms with E-state index >= 15 is 0 Å². The Morgan fingerprint density at radius 2 is 2.03 bits per heavy atom. The molecular weight excluding hydrogens is 474 g/mol. The Morgan fingerprint density at radius 1 is 1.29 bits per heavy atom. The number of alkyl halides is 2. The van der Waals surface area contributed by atoms with E-state index in [9.17, 15) is 28.0 Å². The van der Waals surface area contributed by atoms with E-state index in [1.807, 2.05) is 0 Å². The van der Waals surface area contributed by atoms with E-state index in [4.69, 9.17) is 4.74 Å². The Hall–Kier alpha value is -3.35. The molecule has 34 heavy (non-hydrogen) atoms. The molecule has 0 atom stereocenters. The number of halogens is 2. The Bertz CT molecular complexity index is 1000. The molecule has 10 nitrogen and oxygen atoms in total. The van der Waals surface area contributed by atoms with Crippen molar-refractivity contribution in [2.24, 2.45) is 0 Å². The lowest BCUT2D eigenvalue weighted by molar-refractivity contribution is -0.123. The number of rotatable bonds is 10. The summed E-state index contributed by atoms with van der Waals surface area (Å²) in [5.74, 6) is -0.908. The zero-order valence-electron chi connectivity index (χ0n) is 18.5. The van der Waals surface area contributed by atoms with Gasteiger partial charge in [0.05, 0.1) is 12.0 Å². The highest BCUT2D eigenvalue weighted by molar-refractivity contribution is 8.18. The average Bonchev–Trinajstić information content (AvgIpc) is 3.55. The number of hydrogen-bond donors (Lipinski definition) is 2. The van der Waals surface area contributed by atoms with Gasteiger partial charge in [-0.1, -0.05) is 6.07 Å². The van der Waals surface area contributed by atoms with Crippen molar-refractivity contribution >= 4 is 40.9 Å². The van der Waals surface area contributed by atoms with Gasteiger partial charge in [0.1, 0.15) is 6.54 Å². The maximum atomic E-state index is 12.6. The molecule has 1 aromatic carbocycles. The lowest BCUT2D eigenvalue weighted by atomic mass is 10.2. The van der Waals surface area contributed by atoms with Crippen LogP contribution in [0.1, 0.15) is 18.4 Å². The Kier molecular flexibility index (Phi) is 8.31. The number of amides is 5. The molecule has 1 saturated heterocycles. The lowest BCUT2D eigenvalue weighted by Crippen LogP contribution is -2.46. The van der Waals surface area contributed by atoms with Crippen LogP contribution in [-0.4, -0.2) is 79.3 Å². The number of benzene rings is 1. The summed E-state index contributed by atoms with van der Waals surface area (Å²) >= 11 is 0.720. The lowest BCUT2D eigenvalue weighted by Gasteiger charge is -2.19. The van der Waals surface area contributed by atoms with Crippen LogP contribution in [0.2, 0.25) is 0 Å². The number of thioether (sulfide) groups is 1. The first-order chi connectivity index (χ1) is 16.2. The van der Waals surface area contributed by atoms with Gasteiger partial charge in [-0.05, 0) is 48.4 Å². The minimum Gasteiger partial charge on any atom is -0.493 e. The second-order valence-corrected chi connectivity index (χ2v) is 8.55. The van der Waals surface area contributed by atoms with Gasteiger partial charge in [0.15, 0.2) is 11.5 Å². The van der Waals surface area contributed by atoms with Crippen molar-refractivity contribution in [1.82, 2.24) is 20.4 Å². The molecule has 1 aliphatic carbocycles. The third-order valence-corrected chi connectivity index (χ3v) is 5.76. The first-order valence-corrected chi connectivity index (χ1v) is 11.2. The number of nitrogens with zero attached hydrogens (tertiary/aromatic N) is 2. The quantitative estimate of drug-likeness (QED) is 0.475. The van der Waals surface area contributed by atoms with Crippen molar-refractivity contribution in [3.05, 3.63) is 28.7 Å². The van der Waals surface area contributed by atoms with Crippen molar-refractivity contribution in [3.8, 4) is 11.5 Å². The molecule has 1 saturated carbocycles. The van der Waals surface area contributed by atoms with Gasteiger partial charge in [-0.15, -0.1) is 0 Å². The number of carbonyl (C=O) groups is 4. The fourth-order valence-corrected chi connectivity index (χ4v) is 3.87. The molecule has 2 N–H and O–H groups in total. The molecule has 2 aliphatic rings. The molecule has 0 bridgehead atoms. The summed E-state index contributed by atoms with van der Waals surface area (Å²) in [5, 5.41) is 4.84. The highest BCUT2D eigenvalue weighted by atomic mass is 32.2. The van der Waals surface area contributed by atoms with Gasteiger partial charge in [-0.3, -0.25) is 19.3 Å². The number of likely N-dealkylation sites (N-methyl/N-ethyl adjacent to an activating group) is 1. The van der Waals surface area contributed by atoms with E-state index in [0.717, 1.165) is 29.5 Å². The Labute approximate surface area is 198 Å². The summed E-state index contributed by atoms with van der Waals surface area (Å²) in [6, 6.07) is 3.82. The minimum atomic E-state index is -3.02. The number of hydrogen-bond acceptors (Lipinski definition) is 7. The second-order valence-electron chi connectivity index (χ2n) is 7.55. The third-order valence-electron chi connectivity index (χ3n) is 4.86. The smallest absolute Gasteiger partial charge is 0.387 e. The first-order valence-electron chi connectivity index (χ1n) is 10.3. The molecule has 5 amide bonds. The fourth-order valence-electron chi connectivity index (χ4n) is 3.01. The highest BCUT2D eigenvalue weighted by Crippen LogP contribution is 2.34. The van der Waals surface area contributed by atoms with Crippen molar-refractivity contribution < 1.29 is 37.4 Å². The van der Waals surface area contributed by atoms with Crippen LogP contribution >= 0.6 is 11.8 Å². The highest BCUT2D eigenvalue weighted by Gasteiger charge is 2.35. The predicted octanol–water partition coefficient (Wildman–Crippen LogP) is 2.25. The van der Waals surface area contributed by atoms with Crippen LogP contribution in [0, 0.1) is 0 Å². The fraction of sp³-hybridized carbons (Fsp3) is 0.429. The van der Waals surface area contributed by atoms with Crippen molar-refractivity contribution in [2.75, 3.05) is 33.8 Å². The number of urea groups is 1. The van der Waals surface area contributed by atoms with Gasteiger partial charge < -0.3 is 25.0 Å². The molecule has 1 aromatic rings.